The monoisotopic (exact) mass is 183 g/mol. The van der Waals surface area contributed by atoms with Crippen LogP contribution in [-0.4, -0.2) is 31.7 Å². The van der Waals surface area contributed by atoms with E-state index >= 15 is 0 Å². The van der Waals surface area contributed by atoms with Gasteiger partial charge in [-0.1, -0.05) is 0 Å². The third-order valence-electron chi connectivity index (χ3n) is 3.45. The molecule has 0 saturated carbocycles. The van der Waals surface area contributed by atoms with Gasteiger partial charge in [-0.15, -0.1) is 0 Å². The van der Waals surface area contributed by atoms with Gasteiger partial charge in [0.1, 0.15) is 0 Å². The van der Waals surface area contributed by atoms with E-state index in [-0.39, 0.29) is 0 Å². The average molecular weight is 183 g/mol. The van der Waals surface area contributed by atoms with E-state index in [1.54, 1.807) is 0 Å². The highest BCUT2D eigenvalue weighted by molar-refractivity contribution is 4.90. The van der Waals surface area contributed by atoms with Gasteiger partial charge in [0.25, 0.3) is 0 Å². The average Bonchev–Trinajstić information content (AvgIpc) is 2.20. The first-order valence-electron chi connectivity index (χ1n) is 5.57. The van der Waals surface area contributed by atoms with Crippen LogP contribution in [0.1, 0.15) is 25.7 Å². The first kappa shape index (κ1) is 9.44. The summed E-state index contributed by atoms with van der Waals surface area (Å²) in [5.74, 6) is 0.816. The lowest BCUT2D eigenvalue weighted by molar-refractivity contribution is 0.219. The van der Waals surface area contributed by atoms with Crippen LogP contribution < -0.4 is 16.4 Å². The van der Waals surface area contributed by atoms with Gasteiger partial charge in [-0.25, -0.2) is 0 Å². The molecule has 76 valence electrons. The second-order valence-corrected chi connectivity index (χ2v) is 4.37. The molecule has 13 heavy (non-hydrogen) atoms. The molecule has 2 heterocycles. The first-order valence-corrected chi connectivity index (χ1v) is 5.57. The fourth-order valence-electron chi connectivity index (χ4n) is 2.66. The number of hydrogen-bond donors (Lipinski definition) is 3. The molecule has 0 spiro atoms. The van der Waals surface area contributed by atoms with Crippen LogP contribution in [0.25, 0.3) is 0 Å². The Morgan fingerprint density at radius 1 is 1.00 bits per heavy atom. The van der Waals surface area contributed by atoms with E-state index < -0.39 is 0 Å². The zero-order valence-electron chi connectivity index (χ0n) is 8.26. The van der Waals surface area contributed by atoms with Gasteiger partial charge in [0.2, 0.25) is 0 Å². The summed E-state index contributed by atoms with van der Waals surface area (Å²) in [7, 11) is 0. The molecule has 3 heteroatoms. The topological polar surface area (TPSA) is 50.1 Å². The SMILES string of the molecule is NC1CCCNC1C1CCNCC1. The molecule has 0 bridgehead atoms. The van der Waals surface area contributed by atoms with Gasteiger partial charge in [0, 0.05) is 12.1 Å². The van der Waals surface area contributed by atoms with E-state index in [1.807, 2.05) is 0 Å². The van der Waals surface area contributed by atoms with Gasteiger partial charge in [-0.05, 0) is 51.2 Å². The minimum atomic E-state index is 0.400. The lowest BCUT2D eigenvalue weighted by atomic mass is 9.83. The van der Waals surface area contributed by atoms with Gasteiger partial charge < -0.3 is 16.4 Å². The molecule has 2 rings (SSSR count). The highest BCUT2D eigenvalue weighted by Crippen LogP contribution is 2.21. The Morgan fingerprint density at radius 3 is 2.46 bits per heavy atom. The molecule has 0 aromatic heterocycles. The number of rotatable bonds is 1. The van der Waals surface area contributed by atoms with Crippen molar-refractivity contribution in [3.8, 4) is 0 Å². The summed E-state index contributed by atoms with van der Waals surface area (Å²) in [4.78, 5) is 0. The van der Waals surface area contributed by atoms with E-state index in [2.05, 4.69) is 10.6 Å². The van der Waals surface area contributed by atoms with Crippen molar-refractivity contribution in [1.29, 1.82) is 0 Å². The predicted octanol–water partition coefficient (Wildman–Crippen LogP) is 0.0653. The van der Waals surface area contributed by atoms with Crippen molar-refractivity contribution in [2.24, 2.45) is 11.7 Å². The van der Waals surface area contributed by atoms with Crippen LogP contribution in [0.3, 0.4) is 0 Å². The van der Waals surface area contributed by atoms with Gasteiger partial charge in [0.15, 0.2) is 0 Å². The minimum Gasteiger partial charge on any atom is -0.326 e. The quantitative estimate of drug-likeness (QED) is 0.539. The van der Waals surface area contributed by atoms with Gasteiger partial charge >= 0.3 is 0 Å². The molecule has 2 atom stereocenters. The summed E-state index contributed by atoms with van der Waals surface area (Å²) in [5.41, 5.74) is 6.13. The number of hydrogen-bond acceptors (Lipinski definition) is 3. The fourth-order valence-corrected chi connectivity index (χ4v) is 2.66. The van der Waals surface area contributed by atoms with Crippen LogP contribution in [0.5, 0.6) is 0 Å². The Kier molecular flexibility index (Phi) is 3.19. The molecular formula is C10H21N3. The van der Waals surface area contributed by atoms with Crippen molar-refractivity contribution in [2.45, 2.75) is 37.8 Å². The second-order valence-electron chi connectivity index (χ2n) is 4.37. The molecule has 0 aromatic carbocycles. The minimum absolute atomic E-state index is 0.400. The summed E-state index contributed by atoms with van der Waals surface area (Å²) < 4.78 is 0. The van der Waals surface area contributed by atoms with E-state index in [4.69, 9.17) is 5.73 Å². The lowest BCUT2D eigenvalue weighted by Gasteiger charge is -2.38. The van der Waals surface area contributed by atoms with Crippen molar-refractivity contribution in [3.05, 3.63) is 0 Å². The Labute approximate surface area is 80.5 Å². The largest absolute Gasteiger partial charge is 0.326 e. The molecule has 0 radical (unpaired) electrons. The number of nitrogens with two attached hydrogens (primary N) is 1. The maximum Gasteiger partial charge on any atom is 0.0248 e. The Bertz CT molecular complexity index is 154. The summed E-state index contributed by atoms with van der Waals surface area (Å²) >= 11 is 0. The molecule has 0 aliphatic carbocycles. The maximum absolute atomic E-state index is 6.13. The molecule has 2 aliphatic heterocycles. The summed E-state index contributed by atoms with van der Waals surface area (Å²) in [6.45, 7) is 3.52. The Balaban J connectivity index is 1.88. The first-order chi connectivity index (χ1) is 6.38. The summed E-state index contributed by atoms with van der Waals surface area (Å²) in [6.07, 6.45) is 5.06. The molecule has 2 saturated heterocycles. The molecule has 4 N–H and O–H groups in total. The highest BCUT2D eigenvalue weighted by atomic mass is 15.0. The van der Waals surface area contributed by atoms with Gasteiger partial charge in [-0.3, -0.25) is 0 Å². The standard InChI is InChI=1S/C10H21N3/c11-9-2-1-5-13-10(9)8-3-6-12-7-4-8/h8-10,12-13H,1-7,11H2. The molecule has 0 amide bonds. The van der Waals surface area contributed by atoms with Crippen molar-refractivity contribution in [3.63, 3.8) is 0 Å². The third-order valence-corrected chi connectivity index (χ3v) is 3.45. The van der Waals surface area contributed by atoms with Crippen molar-refractivity contribution in [2.75, 3.05) is 19.6 Å². The molecule has 2 aliphatic rings. The van der Waals surface area contributed by atoms with Gasteiger partial charge in [0.05, 0.1) is 0 Å². The van der Waals surface area contributed by atoms with Crippen LogP contribution in [-0.2, 0) is 0 Å². The zero-order valence-corrected chi connectivity index (χ0v) is 8.26. The van der Waals surface area contributed by atoms with E-state index in [1.165, 1.54) is 45.3 Å². The van der Waals surface area contributed by atoms with Crippen molar-refractivity contribution >= 4 is 0 Å². The lowest BCUT2D eigenvalue weighted by Crippen LogP contribution is -2.55. The van der Waals surface area contributed by atoms with E-state index in [0.29, 0.717) is 12.1 Å². The second kappa shape index (κ2) is 4.40. The number of nitrogens with one attached hydrogen (secondary N) is 2. The number of piperidine rings is 2. The van der Waals surface area contributed by atoms with E-state index in [9.17, 15) is 0 Å². The van der Waals surface area contributed by atoms with Crippen LogP contribution in [0.4, 0.5) is 0 Å². The molecule has 2 unspecified atom stereocenters. The zero-order chi connectivity index (χ0) is 9.10. The molecule has 0 aromatic rings. The Hall–Kier alpha value is -0.120. The summed E-state index contributed by atoms with van der Waals surface area (Å²) in [6, 6.07) is 0.993. The maximum atomic E-state index is 6.13. The highest BCUT2D eigenvalue weighted by Gasteiger charge is 2.29. The molecule has 2 fully saturated rings. The predicted molar refractivity (Wildman–Crippen MR) is 54.6 cm³/mol. The van der Waals surface area contributed by atoms with Crippen LogP contribution >= 0.6 is 0 Å². The molecule has 3 nitrogen and oxygen atoms in total. The van der Waals surface area contributed by atoms with Crippen LogP contribution in [0, 0.1) is 5.92 Å². The fraction of sp³-hybridized carbons (Fsp3) is 1.00. The Morgan fingerprint density at radius 2 is 1.77 bits per heavy atom. The van der Waals surface area contributed by atoms with Crippen molar-refractivity contribution < 1.29 is 0 Å². The van der Waals surface area contributed by atoms with E-state index in [0.717, 1.165) is 5.92 Å². The molecular weight excluding hydrogens is 162 g/mol. The summed E-state index contributed by atoms with van der Waals surface area (Å²) in [5, 5.41) is 6.99. The normalized spacial score (nSPS) is 37.6. The van der Waals surface area contributed by atoms with Crippen LogP contribution in [0.2, 0.25) is 0 Å². The van der Waals surface area contributed by atoms with Crippen LogP contribution in [0.15, 0.2) is 0 Å². The van der Waals surface area contributed by atoms with Gasteiger partial charge in [-0.2, -0.15) is 0 Å². The smallest absolute Gasteiger partial charge is 0.0248 e. The van der Waals surface area contributed by atoms with Crippen molar-refractivity contribution in [1.82, 2.24) is 10.6 Å². The third kappa shape index (κ3) is 2.22.